The quantitative estimate of drug-likeness (QED) is 0.795. The van der Waals surface area contributed by atoms with Gasteiger partial charge in [0.25, 0.3) is 0 Å². The van der Waals surface area contributed by atoms with Crippen molar-refractivity contribution in [2.75, 3.05) is 14.1 Å². The van der Waals surface area contributed by atoms with Crippen LogP contribution in [0.15, 0.2) is 34.8 Å². The van der Waals surface area contributed by atoms with Crippen molar-refractivity contribution in [1.29, 1.82) is 0 Å². The number of rotatable bonds is 5. The van der Waals surface area contributed by atoms with Crippen molar-refractivity contribution in [1.82, 2.24) is 14.9 Å². The fraction of sp³-hybridized carbons (Fsp3) is 0.308. The van der Waals surface area contributed by atoms with E-state index in [-0.39, 0.29) is 5.91 Å². The van der Waals surface area contributed by atoms with E-state index in [0.29, 0.717) is 6.42 Å². The van der Waals surface area contributed by atoms with Gasteiger partial charge in [-0.25, -0.2) is 9.97 Å². The zero-order valence-corrected chi connectivity index (χ0v) is 12.5. The molecule has 0 unspecified atom stereocenters. The van der Waals surface area contributed by atoms with Crippen LogP contribution in [0.4, 0.5) is 0 Å². The molecule has 0 fully saturated rings. The summed E-state index contributed by atoms with van der Waals surface area (Å²) >= 11 is 3.19. The average Bonchev–Trinajstić information content (AvgIpc) is 2.85. The lowest BCUT2D eigenvalue weighted by Crippen LogP contribution is -2.23. The van der Waals surface area contributed by atoms with Crippen LogP contribution in [0, 0.1) is 0 Å². The zero-order valence-electron chi connectivity index (χ0n) is 10.9. The zero-order chi connectivity index (χ0) is 13.7. The van der Waals surface area contributed by atoms with Gasteiger partial charge in [-0.15, -0.1) is 23.1 Å². The van der Waals surface area contributed by atoms with Crippen molar-refractivity contribution >= 4 is 29.0 Å². The lowest BCUT2D eigenvalue weighted by atomic mass is 10.4. The Balaban J connectivity index is 1.89. The van der Waals surface area contributed by atoms with Crippen molar-refractivity contribution in [3.63, 3.8) is 0 Å². The van der Waals surface area contributed by atoms with Crippen LogP contribution in [0.5, 0.6) is 0 Å². The maximum atomic E-state index is 11.6. The minimum absolute atomic E-state index is 0.0817. The Kier molecular flexibility index (Phi) is 4.93. The second-order valence-corrected chi connectivity index (χ2v) is 6.09. The summed E-state index contributed by atoms with van der Waals surface area (Å²) in [6.07, 6.45) is 2.16. The van der Waals surface area contributed by atoms with Crippen LogP contribution in [0.1, 0.15) is 10.7 Å². The first-order chi connectivity index (χ1) is 9.15. The first-order valence-electron chi connectivity index (χ1n) is 5.82. The van der Waals surface area contributed by atoms with E-state index in [9.17, 15) is 4.79 Å². The summed E-state index contributed by atoms with van der Waals surface area (Å²) in [7, 11) is 3.52. The third-order valence-corrected chi connectivity index (χ3v) is 4.28. The van der Waals surface area contributed by atoms with Crippen LogP contribution in [0.2, 0.25) is 0 Å². The fourth-order valence-electron chi connectivity index (χ4n) is 1.36. The van der Waals surface area contributed by atoms with E-state index in [1.165, 1.54) is 11.3 Å². The molecule has 0 aliphatic carbocycles. The van der Waals surface area contributed by atoms with E-state index in [4.69, 9.17) is 0 Å². The summed E-state index contributed by atoms with van der Waals surface area (Å²) in [4.78, 5) is 21.9. The molecule has 2 aromatic heterocycles. The lowest BCUT2D eigenvalue weighted by Gasteiger charge is -2.07. The fourth-order valence-corrected chi connectivity index (χ4v) is 3.01. The molecule has 0 saturated heterocycles. The summed E-state index contributed by atoms with van der Waals surface area (Å²) in [5.74, 6) is 0.863. The molecule has 0 atom stereocenters. The van der Waals surface area contributed by atoms with Crippen LogP contribution in [0.25, 0.3) is 0 Å². The average molecular weight is 293 g/mol. The second kappa shape index (κ2) is 6.68. The van der Waals surface area contributed by atoms with Gasteiger partial charge < -0.3 is 4.90 Å². The molecule has 2 heterocycles. The predicted octanol–water partition coefficient (Wildman–Crippen LogP) is 2.46. The van der Waals surface area contributed by atoms with Gasteiger partial charge in [0, 0.05) is 31.4 Å². The van der Waals surface area contributed by atoms with E-state index in [1.54, 1.807) is 37.0 Å². The number of hydrogen-bond donors (Lipinski definition) is 0. The maximum absolute atomic E-state index is 11.6. The van der Waals surface area contributed by atoms with Gasteiger partial charge >= 0.3 is 0 Å². The molecule has 0 N–H and O–H groups in total. The van der Waals surface area contributed by atoms with Gasteiger partial charge in [-0.2, -0.15) is 0 Å². The SMILES string of the molecule is CN(C)C(=O)Cc1nc(CSc2ccccn2)cs1. The maximum Gasteiger partial charge on any atom is 0.228 e. The Bertz CT molecular complexity index is 540. The number of likely N-dealkylation sites (N-methyl/N-ethyl adjacent to an activating group) is 1. The minimum atomic E-state index is 0.0817. The Labute approximate surface area is 120 Å². The molecular formula is C13H15N3OS2. The van der Waals surface area contributed by atoms with E-state index < -0.39 is 0 Å². The molecule has 0 spiro atoms. The molecule has 0 aliphatic heterocycles. The molecule has 1 amide bonds. The van der Waals surface area contributed by atoms with Crippen LogP contribution in [-0.4, -0.2) is 34.9 Å². The number of amides is 1. The Morgan fingerprint density at radius 1 is 1.42 bits per heavy atom. The van der Waals surface area contributed by atoms with Gasteiger partial charge in [0.15, 0.2) is 0 Å². The largest absolute Gasteiger partial charge is 0.348 e. The normalized spacial score (nSPS) is 10.4. The first kappa shape index (κ1) is 14.0. The third kappa shape index (κ3) is 4.33. The minimum Gasteiger partial charge on any atom is -0.348 e. The molecular weight excluding hydrogens is 278 g/mol. The lowest BCUT2D eigenvalue weighted by molar-refractivity contribution is -0.127. The van der Waals surface area contributed by atoms with Gasteiger partial charge in [0.05, 0.1) is 17.1 Å². The number of aromatic nitrogens is 2. The van der Waals surface area contributed by atoms with Gasteiger partial charge in [-0.05, 0) is 12.1 Å². The first-order valence-corrected chi connectivity index (χ1v) is 7.69. The second-order valence-electron chi connectivity index (χ2n) is 4.15. The molecule has 19 heavy (non-hydrogen) atoms. The number of nitrogens with zero attached hydrogens (tertiary/aromatic N) is 3. The van der Waals surface area contributed by atoms with Crippen LogP contribution in [-0.2, 0) is 17.0 Å². The molecule has 2 aromatic rings. The molecule has 0 saturated carbocycles. The van der Waals surface area contributed by atoms with E-state index in [0.717, 1.165) is 21.5 Å². The molecule has 0 aromatic carbocycles. The molecule has 0 aliphatic rings. The summed E-state index contributed by atoms with van der Waals surface area (Å²) < 4.78 is 0. The Morgan fingerprint density at radius 2 is 2.26 bits per heavy atom. The molecule has 4 nitrogen and oxygen atoms in total. The van der Waals surface area contributed by atoms with Crippen LogP contribution >= 0.6 is 23.1 Å². The van der Waals surface area contributed by atoms with E-state index >= 15 is 0 Å². The third-order valence-electron chi connectivity index (χ3n) is 2.41. The van der Waals surface area contributed by atoms with Crippen molar-refractivity contribution in [2.24, 2.45) is 0 Å². The van der Waals surface area contributed by atoms with E-state index in [1.807, 2.05) is 23.6 Å². The molecule has 6 heteroatoms. The molecule has 0 bridgehead atoms. The smallest absolute Gasteiger partial charge is 0.228 e. The highest BCUT2D eigenvalue weighted by atomic mass is 32.2. The molecule has 100 valence electrons. The van der Waals surface area contributed by atoms with Gasteiger partial charge in [0.1, 0.15) is 5.01 Å². The predicted molar refractivity (Wildman–Crippen MR) is 78.3 cm³/mol. The van der Waals surface area contributed by atoms with Crippen molar-refractivity contribution in [2.45, 2.75) is 17.2 Å². The Hall–Kier alpha value is -1.40. The summed E-state index contributed by atoms with van der Waals surface area (Å²) in [6, 6.07) is 5.85. The molecule has 2 rings (SSSR count). The number of thiazole rings is 1. The number of pyridine rings is 1. The summed E-state index contributed by atoms with van der Waals surface area (Å²) in [6.45, 7) is 0. The van der Waals surface area contributed by atoms with Gasteiger partial charge in [-0.3, -0.25) is 4.79 Å². The van der Waals surface area contributed by atoms with Crippen LogP contribution in [0.3, 0.4) is 0 Å². The molecule has 0 radical (unpaired) electrons. The van der Waals surface area contributed by atoms with E-state index in [2.05, 4.69) is 9.97 Å². The summed E-state index contributed by atoms with van der Waals surface area (Å²) in [5.41, 5.74) is 1.00. The highest BCUT2D eigenvalue weighted by molar-refractivity contribution is 7.98. The van der Waals surface area contributed by atoms with Gasteiger partial charge in [-0.1, -0.05) is 6.07 Å². The van der Waals surface area contributed by atoms with Crippen molar-refractivity contribution in [3.8, 4) is 0 Å². The Morgan fingerprint density at radius 3 is 2.95 bits per heavy atom. The topological polar surface area (TPSA) is 46.1 Å². The van der Waals surface area contributed by atoms with Gasteiger partial charge in [0.2, 0.25) is 5.91 Å². The highest BCUT2D eigenvalue weighted by Gasteiger charge is 2.09. The highest BCUT2D eigenvalue weighted by Crippen LogP contribution is 2.21. The number of carbonyl (C=O) groups is 1. The summed E-state index contributed by atoms with van der Waals surface area (Å²) in [5, 5.41) is 3.87. The monoisotopic (exact) mass is 293 g/mol. The number of carbonyl (C=O) groups excluding carboxylic acids is 1. The number of thioether (sulfide) groups is 1. The van der Waals surface area contributed by atoms with Crippen molar-refractivity contribution < 1.29 is 4.79 Å². The number of hydrogen-bond acceptors (Lipinski definition) is 5. The van der Waals surface area contributed by atoms with Crippen molar-refractivity contribution in [3.05, 3.63) is 40.5 Å². The van der Waals surface area contributed by atoms with Crippen LogP contribution < -0.4 is 0 Å². The standard InChI is InChI=1S/C13H15N3OS2/c1-16(2)13(17)7-12-15-10(9-19-12)8-18-11-5-3-4-6-14-11/h3-6,9H,7-8H2,1-2H3.